The zero-order valence-corrected chi connectivity index (χ0v) is 11.2. The van der Waals surface area contributed by atoms with E-state index in [4.69, 9.17) is 11.6 Å². The highest BCUT2D eigenvalue weighted by Crippen LogP contribution is 2.15. The van der Waals surface area contributed by atoms with E-state index < -0.39 is 18.5 Å². The van der Waals surface area contributed by atoms with Gasteiger partial charge in [-0.1, -0.05) is 11.6 Å². The van der Waals surface area contributed by atoms with E-state index in [1.165, 1.54) is 12.3 Å². The van der Waals surface area contributed by atoms with Gasteiger partial charge in [0.05, 0.1) is 16.8 Å². The molecule has 1 atom stereocenters. The minimum atomic E-state index is -2.87. The molecule has 0 spiro atoms. The van der Waals surface area contributed by atoms with Gasteiger partial charge in [0, 0.05) is 12.4 Å². The Morgan fingerprint density at radius 2 is 2.15 bits per heavy atom. The van der Waals surface area contributed by atoms with Crippen LogP contribution in [0, 0.1) is 0 Å². The lowest BCUT2D eigenvalue weighted by Gasteiger charge is -2.14. The van der Waals surface area contributed by atoms with Gasteiger partial charge in [-0.15, -0.1) is 0 Å². The van der Waals surface area contributed by atoms with Crippen molar-refractivity contribution in [2.75, 3.05) is 0 Å². The van der Waals surface area contributed by atoms with Gasteiger partial charge in [0.25, 0.3) is 5.91 Å². The van der Waals surface area contributed by atoms with Gasteiger partial charge in [0.2, 0.25) is 0 Å². The zero-order valence-electron chi connectivity index (χ0n) is 10.4. The standard InChI is InChI=1S/C12H11ClF2N4O/c1-7(9-3-2-8(13)6-16-9)18-11(20)10-4-5-17-19(10)12(14)15/h2-7,12H,1H3,(H,18,20)/t7-/m1/s1. The third-order valence-corrected chi connectivity index (χ3v) is 2.85. The average molecular weight is 301 g/mol. The molecule has 0 saturated carbocycles. The molecule has 2 aromatic heterocycles. The molecule has 0 unspecified atom stereocenters. The van der Waals surface area contributed by atoms with Crippen LogP contribution in [0.25, 0.3) is 0 Å². The smallest absolute Gasteiger partial charge is 0.333 e. The largest absolute Gasteiger partial charge is 0.343 e. The fourth-order valence-corrected chi connectivity index (χ4v) is 1.75. The Morgan fingerprint density at radius 1 is 1.40 bits per heavy atom. The van der Waals surface area contributed by atoms with E-state index in [9.17, 15) is 13.6 Å². The quantitative estimate of drug-likeness (QED) is 0.944. The normalized spacial score (nSPS) is 12.4. The molecule has 20 heavy (non-hydrogen) atoms. The van der Waals surface area contributed by atoms with Gasteiger partial charge >= 0.3 is 6.55 Å². The first-order valence-electron chi connectivity index (χ1n) is 5.73. The molecule has 0 fully saturated rings. The number of hydrogen-bond donors (Lipinski definition) is 1. The molecule has 1 amide bonds. The number of halogens is 3. The molecule has 0 aromatic carbocycles. The van der Waals surface area contributed by atoms with E-state index >= 15 is 0 Å². The SMILES string of the molecule is C[C@@H](NC(=O)c1ccnn1C(F)F)c1ccc(Cl)cn1. The van der Waals surface area contributed by atoms with Gasteiger partial charge in [-0.25, -0.2) is 0 Å². The van der Waals surface area contributed by atoms with Gasteiger partial charge in [-0.2, -0.15) is 18.6 Å². The van der Waals surface area contributed by atoms with Crippen LogP contribution in [0.3, 0.4) is 0 Å². The Hall–Kier alpha value is -2.02. The Labute approximate surface area is 118 Å². The van der Waals surface area contributed by atoms with Crippen LogP contribution in [0.1, 0.15) is 35.7 Å². The lowest BCUT2D eigenvalue weighted by molar-refractivity contribution is 0.0507. The maximum absolute atomic E-state index is 12.6. The van der Waals surface area contributed by atoms with Crippen LogP contribution in [0.5, 0.6) is 0 Å². The lowest BCUT2D eigenvalue weighted by atomic mass is 10.2. The summed E-state index contributed by atoms with van der Waals surface area (Å²) in [4.78, 5) is 16.0. The number of aromatic nitrogens is 3. The highest BCUT2D eigenvalue weighted by atomic mass is 35.5. The second kappa shape index (κ2) is 5.96. The van der Waals surface area contributed by atoms with Crippen molar-refractivity contribution in [3.8, 4) is 0 Å². The summed E-state index contributed by atoms with van der Waals surface area (Å²) >= 11 is 5.71. The Bertz CT molecular complexity index is 600. The predicted molar refractivity (Wildman–Crippen MR) is 68.6 cm³/mol. The molecule has 106 valence electrons. The van der Waals surface area contributed by atoms with Crippen LogP contribution >= 0.6 is 11.6 Å². The van der Waals surface area contributed by atoms with Gasteiger partial charge in [-0.05, 0) is 25.1 Å². The first-order chi connectivity index (χ1) is 9.49. The second-order valence-electron chi connectivity index (χ2n) is 4.04. The first kappa shape index (κ1) is 14.4. The van der Waals surface area contributed by atoms with E-state index in [1.807, 2.05) is 0 Å². The number of nitrogens with zero attached hydrogens (tertiary/aromatic N) is 3. The van der Waals surface area contributed by atoms with Crippen molar-refractivity contribution in [2.45, 2.75) is 19.5 Å². The number of pyridine rings is 1. The number of nitrogens with one attached hydrogen (secondary N) is 1. The Balaban J connectivity index is 2.11. The van der Waals surface area contributed by atoms with Gasteiger partial charge in [0.15, 0.2) is 0 Å². The summed E-state index contributed by atoms with van der Waals surface area (Å²) in [5.74, 6) is -0.646. The van der Waals surface area contributed by atoms with Crippen molar-refractivity contribution >= 4 is 17.5 Å². The lowest BCUT2D eigenvalue weighted by Crippen LogP contribution is -2.29. The first-order valence-corrected chi connectivity index (χ1v) is 6.11. The van der Waals surface area contributed by atoms with Crippen molar-refractivity contribution in [3.05, 3.63) is 47.0 Å². The monoisotopic (exact) mass is 300 g/mol. The van der Waals surface area contributed by atoms with E-state index in [0.717, 1.165) is 6.20 Å². The van der Waals surface area contributed by atoms with Crippen LogP contribution in [-0.2, 0) is 0 Å². The zero-order chi connectivity index (χ0) is 14.7. The van der Waals surface area contributed by atoms with Crippen LogP contribution in [0.2, 0.25) is 5.02 Å². The number of carbonyl (C=O) groups excluding carboxylic acids is 1. The van der Waals surface area contributed by atoms with E-state index in [1.54, 1.807) is 19.1 Å². The maximum Gasteiger partial charge on any atom is 0.333 e. The minimum absolute atomic E-state index is 0.208. The summed E-state index contributed by atoms with van der Waals surface area (Å²) in [6.07, 6.45) is 2.59. The van der Waals surface area contributed by atoms with E-state index in [2.05, 4.69) is 15.4 Å². The van der Waals surface area contributed by atoms with Crippen molar-refractivity contribution in [1.82, 2.24) is 20.1 Å². The molecule has 0 saturated heterocycles. The second-order valence-corrected chi connectivity index (χ2v) is 4.47. The molecular weight excluding hydrogens is 290 g/mol. The molecule has 0 aliphatic heterocycles. The molecule has 2 aromatic rings. The third-order valence-electron chi connectivity index (χ3n) is 2.63. The highest BCUT2D eigenvalue weighted by molar-refractivity contribution is 6.30. The molecule has 1 N–H and O–H groups in total. The third kappa shape index (κ3) is 3.11. The topological polar surface area (TPSA) is 59.8 Å². The Morgan fingerprint density at radius 3 is 2.75 bits per heavy atom. The molecule has 0 radical (unpaired) electrons. The minimum Gasteiger partial charge on any atom is -0.343 e. The van der Waals surface area contributed by atoms with Gasteiger partial charge in [0.1, 0.15) is 5.69 Å². The fourth-order valence-electron chi connectivity index (χ4n) is 1.64. The van der Waals surface area contributed by atoms with Crippen molar-refractivity contribution in [1.29, 1.82) is 0 Å². The summed E-state index contributed by atoms with van der Waals surface area (Å²) in [7, 11) is 0. The van der Waals surface area contributed by atoms with Crippen molar-refractivity contribution in [3.63, 3.8) is 0 Å². The summed E-state index contributed by atoms with van der Waals surface area (Å²) < 4.78 is 25.6. The molecule has 2 heterocycles. The van der Waals surface area contributed by atoms with Crippen LogP contribution < -0.4 is 5.32 Å². The summed E-state index contributed by atoms with van der Waals surface area (Å²) in [6, 6.07) is 4.07. The Kier molecular flexibility index (Phi) is 4.29. The maximum atomic E-state index is 12.6. The van der Waals surface area contributed by atoms with Gasteiger partial charge < -0.3 is 5.32 Å². The number of amides is 1. The molecule has 0 bridgehead atoms. The fraction of sp³-hybridized carbons (Fsp3) is 0.250. The number of alkyl halides is 2. The van der Waals surface area contributed by atoms with Crippen molar-refractivity contribution in [2.24, 2.45) is 0 Å². The molecule has 8 heteroatoms. The number of rotatable bonds is 4. The van der Waals surface area contributed by atoms with E-state index in [0.29, 0.717) is 15.4 Å². The van der Waals surface area contributed by atoms with Crippen molar-refractivity contribution < 1.29 is 13.6 Å². The molecule has 0 aliphatic carbocycles. The highest BCUT2D eigenvalue weighted by Gasteiger charge is 2.20. The van der Waals surface area contributed by atoms with Crippen LogP contribution in [0.15, 0.2) is 30.6 Å². The van der Waals surface area contributed by atoms with Crippen LogP contribution in [-0.4, -0.2) is 20.7 Å². The van der Waals surface area contributed by atoms with Gasteiger partial charge in [-0.3, -0.25) is 9.78 Å². The molecule has 2 rings (SSSR count). The number of hydrogen-bond acceptors (Lipinski definition) is 3. The summed E-state index contributed by atoms with van der Waals surface area (Å²) in [5, 5.41) is 6.45. The van der Waals surface area contributed by atoms with Crippen LogP contribution in [0.4, 0.5) is 8.78 Å². The predicted octanol–water partition coefficient (Wildman–Crippen LogP) is 2.82. The number of carbonyl (C=O) groups is 1. The summed E-state index contributed by atoms with van der Waals surface area (Å²) in [5.41, 5.74) is 0.367. The molecular formula is C12H11ClF2N4O. The molecule has 5 nitrogen and oxygen atoms in total. The van der Waals surface area contributed by atoms with E-state index in [-0.39, 0.29) is 5.69 Å². The average Bonchev–Trinajstić information content (AvgIpc) is 2.88. The summed E-state index contributed by atoms with van der Waals surface area (Å²) in [6.45, 7) is -1.17. The molecule has 0 aliphatic rings.